The molecule has 0 aliphatic heterocycles. The molecule has 0 unspecified atom stereocenters. The van der Waals surface area contributed by atoms with Crippen molar-refractivity contribution in [2.24, 2.45) is 5.92 Å². The number of ether oxygens (including phenoxy) is 1. The Balaban J connectivity index is 1.31. The van der Waals surface area contributed by atoms with Crippen molar-refractivity contribution in [1.82, 2.24) is 10.3 Å². The fourth-order valence-electron chi connectivity index (χ4n) is 3.37. The first-order chi connectivity index (χ1) is 10.9. The van der Waals surface area contributed by atoms with Gasteiger partial charge in [0.2, 0.25) is 0 Å². The molecule has 2 fully saturated rings. The van der Waals surface area contributed by atoms with E-state index < -0.39 is 0 Å². The molecule has 0 saturated heterocycles. The zero-order valence-electron chi connectivity index (χ0n) is 13.0. The fraction of sp³-hybridized carbons (Fsp3) is 0.526. The van der Waals surface area contributed by atoms with Gasteiger partial charge in [0.25, 0.3) is 0 Å². The molecule has 2 aliphatic carbocycles. The van der Waals surface area contributed by atoms with Gasteiger partial charge in [0.15, 0.2) is 0 Å². The average Bonchev–Trinajstić information content (AvgIpc) is 3.38. The molecule has 2 aliphatic rings. The minimum atomic E-state index is 0.373. The smallest absolute Gasteiger partial charge is 0.120 e. The number of hydrogen-bond acceptors (Lipinski definition) is 3. The van der Waals surface area contributed by atoms with E-state index in [-0.39, 0.29) is 0 Å². The molecular formula is C19H24N2O. The van der Waals surface area contributed by atoms with Gasteiger partial charge in [-0.2, -0.15) is 0 Å². The third-order valence-electron chi connectivity index (χ3n) is 4.98. The highest BCUT2D eigenvalue weighted by atomic mass is 16.5. The molecule has 0 amide bonds. The first kappa shape index (κ1) is 14.0. The van der Waals surface area contributed by atoms with Crippen molar-refractivity contribution in [2.45, 2.75) is 50.7 Å². The first-order valence-corrected chi connectivity index (χ1v) is 8.60. The van der Waals surface area contributed by atoms with Crippen LogP contribution in [-0.4, -0.2) is 23.7 Å². The number of rotatable bonds is 5. The molecule has 1 aromatic carbocycles. The van der Waals surface area contributed by atoms with Gasteiger partial charge >= 0.3 is 0 Å². The van der Waals surface area contributed by atoms with Crippen LogP contribution in [0.25, 0.3) is 10.8 Å². The second kappa shape index (κ2) is 6.25. The molecule has 3 nitrogen and oxygen atoms in total. The van der Waals surface area contributed by atoms with E-state index in [9.17, 15) is 0 Å². The number of nitrogens with zero attached hydrogens (tertiary/aromatic N) is 1. The number of hydrogen-bond donors (Lipinski definition) is 1. The van der Waals surface area contributed by atoms with Gasteiger partial charge in [-0.3, -0.25) is 4.98 Å². The molecule has 116 valence electrons. The Morgan fingerprint density at radius 3 is 2.68 bits per heavy atom. The summed E-state index contributed by atoms with van der Waals surface area (Å²) in [6, 6.07) is 9.06. The average molecular weight is 296 g/mol. The third-order valence-corrected chi connectivity index (χ3v) is 4.98. The molecule has 0 spiro atoms. The summed E-state index contributed by atoms with van der Waals surface area (Å²) in [5.74, 6) is 1.97. The molecule has 0 atom stereocenters. The number of nitrogens with one attached hydrogen (secondary N) is 1. The fourth-order valence-corrected chi connectivity index (χ4v) is 3.37. The number of fused-ring (bicyclic) bond motifs is 1. The van der Waals surface area contributed by atoms with E-state index in [1.807, 2.05) is 18.5 Å². The Kier molecular flexibility index (Phi) is 3.98. The Bertz CT molecular complexity index is 630. The highest BCUT2D eigenvalue weighted by molar-refractivity contribution is 5.82. The maximum atomic E-state index is 6.20. The minimum Gasteiger partial charge on any atom is -0.490 e. The second-order valence-corrected chi connectivity index (χ2v) is 6.83. The molecule has 1 heterocycles. The lowest BCUT2D eigenvalue weighted by molar-refractivity contribution is 0.139. The Morgan fingerprint density at radius 2 is 1.86 bits per heavy atom. The lowest BCUT2D eigenvalue weighted by atomic mass is 9.93. The number of aromatic nitrogens is 1. The van der Waals surface area contributed by atoms with E-state index in [4.69, 9.17) is 4.74 Å². The summed E-state index contributed by atoms with van der Waals surface area (Å²) in [5.41, 5.74) is 0. The lowest BCUT2D eigenvalue weighted by Crippen LogP contribution is -2.37. The minimum absolute atomic E-state index is 0.373. The van der Waals surface area contributed by atoms with Crippen LogP contribution in [0.3, 0.4) is 0 Å². The molecule has 22 heavy (non-hydrogen) atoms. The van der Waals surface area contributed by atoms with E-state index >= 15 is 0 Å². The van der Waals surface area contributed by atoms with Crippen molar-refractivity contribution in [3.8, 4) is 5.75 Å². The van der Waals surface area contributed by atoms with Crippen LogP contribution in [0.1, 0.15) is 38.5 Å². The summed E-state index contributed by atoms with van der Waals surface area (Å²) in [7, 11) is 0. The molecule has 0 bridgehead atoms. The zero-order chi connectivity index (χ0) is 14.8. The summed E-state index contributed by atoms with van der Waals surface area (Å²) in [6.45, 7) is 1.23. The van der Waals surface area contributed by atoms with Crippen LogP contribution in [0.5, 0.6) is 5.75 Å². The van der Waals surface area contributed by atoms with Gasteiger partial charge in [0.1, 0.15) is 5.75 Å². The van der Waals surface area contributed by atoms with Gasteiger partial charge in [-0.15, -0.1) is 0 Å². The van der Waals surface area contributed by atoms with Gasteiger partial charge in [0.05, 0.1) is 6.10 Å². The van der Waals surface area contributed by atoms with Crippen molar-refractivity contribution in [2.75, 3.05) is 6.54 Å². The predicted octanol–water partition coefficient (Wildman–Crippen LogP) is 3.92. The lowest BCUT2D eigenvalue weighted by Gasteiger charge is -2.29. The summed E-state index contributed by atoms with van der Waals surface area (Å²) < 4.78 is 6.20. The van der Waals surface area contributed by atoms with Crippen LogP contribution in [0, 0.1) is 5.92 Å². The van der Waals surface area contributed by atoms with Crippen LogP contribution >= 0.6 is 0 Å². The standard InChI is InChI=1S/C19H24N2O/c1-2-14(1)12-21-17-4-7-18(8-5-17)22-19-6-3-16-13-20-10-9-15(16)11-19/h3,6,9-11,13-14,17-18,21H,1-2,4-5,7-8,12H2. The SMILES string of the molecule is c1cc2cc(OC3CCC(NCC4CC4)CC3)ccc2cn1. The quantitative estimate of drug-likeness (QED) is 0.908. The van der Waals surface area contributed by atoms with Crippen LogP contribution in [-0.2, 0) is 0 Å². The summed E-state index contributed by atoms with van der Waals surface area (Å²) >= 11 is 0. The van der Waals surface area contributed by atoms with Crippen molar-refractivity contribution < 1.29 is 4.74 Å². The van der Waals surface area contributed by atoms with Crippen LogP contribution < -0.4 is 10.1 Å². The maximum Gasteiger partial charge on any atom is 0.120 e. The molecule has 1 aromatic heterocycles. The first-order valence-electron chi connectivity index (χ1n) is 8.60. The zero-order valence-corrected chi connectivity index (χ0v) is 13.0. The van der Waals surface area contributed by atoms with E-state index in [0.717, 1.165) is 24.5 Å². The molecule has 4 rings (SSSR count). The molecule has 0 radical (unpaired) electrons. The predicted molar refractivity (Wildman–Crippen MR) is 89.1 cm³/mol. The molecule has 1 N–H and O–H groups in total. The largest absolute Gasteiger partial charge is 0.490 e. The summed E-state index contributed by atoms with van der Waals surface area (Å²) in [4.78, 5) is 4.15. The van der Waals surface area contributed by atoms with Crippen molar-refractivity contribution in [3.63, 3.8) is 0 Å². The van der Waals surface area contributed by atoms with E-state index in [1.165, 1.54) is 43.0 Å². The molecular weight excluding hydrogens is 272 g/mol. The molecule has 2 aromatic rings. The highest BCUT2D eigenvalue weighted by Crippen LogP contribution is 2.29. The van der Waals surface area contributed by atoms with Crippen molar-refractivity contribution >= 4 is 10.8 Å². The Morgan fingerprint density at radius 1 is 1.00 bits per heavy atom. The Labute approximate surface area is 132 Å². The number of benzene rings is 1. The topological polar surface area (TPSA) is 34.1 Å². The van der Waals surface area contributed by atoms with E-state index in [1.54, 1.807) is 0 Å². The van der Waals surface area contributed by atoms with Gasteiger partial charge in [-0.1, -0.05) is 0 Å². The van der Waals surface area contributed by atoms with Crippen LogP contribution in [0.4, 0.5) is 0 Å². The van der Waals surface area contributed by atoms with Gasteiger partial charge in [0, 0.05) is 23.8 Å². The van der Waals surface area contributed by atoms with Crippen LogP contribution in [0.15, 0.2) is 36.7 Å². The normalized spacial score (nSPS) is 25.3. The van der Waals surface area contributed by atoms with Gasteiger partial charge < -0.3 is 10.1 Å². The summed E-state index contributed by atoms with van der Waals surface area (Å²) in [5, 5.41) is 6.10. The van der Waals surface area contributed by atoms with E-state index in [2.05, 4.69) is 28.5 Å². The van der Waals surface area contributed by atoms with Gasteiger partial charge in [-0.25, -0.2) is 0 Å². The van der Waals surface area contributed by atoms with Crippen LogP contribution in [0.2, 0.25) is 0 Å². The Hall–Kier alpha value is -1.61. The number of pyridine rings is 1. The van der Waals surface area contributed by atoms with Crippen molar-refractivity contribution in [3.05, 3.63) is 36.7 Å². The highest BCUT2D eigenvalue weighted by Gasteiger charge is 2.25. The second-order valence-electron chi connectivity index (χ2n) is 6.83. The maximum absolute atomic E-state index is 6.20. The third kappa shape index (κ3) is 3.41. The molecule has 2 saturated carbocycles. The monoisotopic (exact) mass is 296 g/mol. The summed E-state index contributed by atoms with van der Waals surface area (Å²) in [6.07, 6.45) is 11.8. The van der Waals surface area contributed by atoms with E-state index in [0.29, 0.717) is 12.1 Å². The van der Waals surface area contributed by atoms with Gasteiger partial charge in [-0.05, 0) is 80.6 Å². The van der Waals surface area contributed by atoms with Crippen molar-refractivity contribution in [1.29, 1.82) is 0 Å². The molecule has 3 heteroatoms.